The van der Waals surface area contributed by atoms with E-state index in [0.717, 1.165) is 21.2 Å². The van der Waals surface area contributed by atoms with Gasteiger partial charge in [-0.2, -0.15) is 0 Å². The minimum absolute atomic E-state index is 0.484. The number of hydrogen-bond acceptors (Lipinski definition) is 5. The number of methoxy groups -OCH3 is 1. The van der Waals surface area contributed by atoms with Crippen molar-refractivity contribution in [1.82, 2.24) is 4.98 Å². The predicted molar refractivity (Wildman–Crippen MR) is 142 cm³/mol. The Morgan fingerprint density at radius 2 is 1.66 bits per heavy atom. The summed E-state index contributed by atoms with van der Waals surface area (Å²) in [6.07, 6.45) is 1.68. The summed E-state index contributed by atoms with van der Waals surface area (Å²) in [7, 11) is -2.36. The Hall–Kier alpha value is -3.84. The lowest BCUT2D eigenvalue weighted by Gasteiger charge is -2.17. The van der Waals surface area contributed by atoms with Crippen LogP contribution in [0.25, 0.3) is 21.2 Å². The van der Waals surface area contributed by atoms with Crippen molar-refractivity contribution >= 4 is 40.5 Å². The number of pyridine rings is 1. The first-order valence-electron chi connectivity index (χ1n) is 10.7. The van der Waals surface area contributed by atoms with Crippen molar-refractivity contribution in [2.45, 2.75) is 0 Å². The highest BCUT2D eigenvalue weighted by Gasteiger charge is 2.19. The van der Waals surface area contributed by atoms with Gasteiger partial charge in [0.05, 0.1) is 7.11 Å². The normalized spacial score (nSPS) is 12.6. The van der Waals surface area contributed by atoms with Crippen LogP contribution in [0, 0.1) is 0 Å². The summed E-state index contributed by atoms with van der Waals surface area (Å²) in [6, 6.07) is 25.9. The van der Waals surface area contributed by atoms with Gasteiger partial charge >= 0.3 is 7.67 Å². The smallest absolute Gasteiger partial charge is 0.389 e. The molecule has 0 saturated carbocycles. The number of anilines is 2. The van der Waals surface area contributed by atoms with Crippen LogP contribution in [0.4, 0.5) is 11.4 Å². The minimum atomic E-state index is -3.94. The number of para-hydroxylation sites is 1. The van der Waals surface area contributed by atoms with Crippen LogP contribution in [0.15, 0.2) is 96.5 Å². The molecular weight excluding hydrogens is 481 g/mol. The van der Waals surface area contributed by atoms with Crippen molar-refractivity contribution in [3.8, 4) is 28.5 Å². The molecule has 0 radical (unpaired) electrons. The van der Waals surface area contributed by atoms with Gasteiger partial charge in [-0.05, 0) is 59.0 Å². The summed E-state index contributed by atoms with van der Waals surface area (Å²) in [6.45, 7) is 0. The molecule has 0 amide bonds. The van der Waals surface area contributed by atoms with E-state index in [-0.39, 0.29) is 0 Å². The van der Waals surface area contributed by atoms with E-state index in [9.17, 15) is 9.46 Å². The van der Waals surface area contributed by atoms with Crippen molar-refractivity contribution in [2.24, 2.45) is 0 Å². The molecule has 35 heavy (non-hydrogen) atoms. The van der Waals surface area contributed by atoms with Crippen molar-refractivity contribution in [2.75, 3.05) is 17.3 Å². The number of fused-ring (bicyclic) bond motifs is 1. The quantitative estimate of drug-likeness (QED) is 0.190. The Kier molecular flexibility index (Phi) is 6.42. The Balaban J connectivity index is 1.29. The molecule has 0 spiro atoms. The fourth-order valence-corrected chi connectivity index (χ4v) is 5.52. The van der Waals surface area contributed by atoms with E-state index >= 15 is 0 Å². The van der Waals surface area contributed by atoms with Gasteiger partial charge in [-0.15, -0.1) is 11.3 Å². The number of nitrogens with one attached hydrogen (secondary N) is 2. The molecule has 0 aliphatic rings. The highest BCUT2D eigenvalue weighted by atomic mass is 32.1. The molecule has 9 heteroatoms. The maximum absolute atomic E-state index is 12.9. The van der Waals surface area contributed by atoms with E-state index in [1.165, 1.54) is 11.3 Å². The number of aromatic nitrogens is 1. The zero-order valence-corrected chi connectivity index (χ0v) is 20.4. The average molecular weight is 504 g/mol. The van der Waals surface area contributed by atoms with E-state index in [4.69, 9.17) is 9.47 Å². The molecule has 0 aliphatic heterocycles. The molecule has 1 atom stereocenters. The third kappa shape index (κ3) is 5.46. The SMILES string of the molecule is COc1cc(NP(=O)(O)Nc2ccc(-c3ccnc(Oc4ccccc4)c3)cc2)cc2sccc12. The van der Waals surface area contributed by atoms with E-state index in [1.807, 2.05) is 72.1 Å². The molecule has 0 bridgehead atoms. The van der Waals surface area contributed by atoms with Crippen molar-refractivity contribution < 1.29 is 18.9 Å². The topological polar surface area (TPSA) is 92.7 Å². The Bertz CT molecular complexity index is 1510. The van der Waals surface area contributed by atoms with Crippen LogP contribution in [-0.2, 0) is 4.57 Å². The van der Waals surface area contributed by atoms with Crippen LogP contribution in [0.5, 0.6) is 17.4 Å². The van der Waals surface area contributed by atoms with Crippen LogP contribution in [0.3, 0.4) is 0 Å². The van der Waals surface area contributed by atoms with E-state index in [1.54, 1.807) is 31.5 Å². The van der Waals surface area contributed by atoms with Gasteiger partial charge in [-0.1, -0.05) is 30.3 Å². The second-order valence-electron chi connectivity index (χ2n) is 7.69. The lowest BCUT2D eigenvalue weighted by atomic mass is 10.1. The van der Waals surface area contributed by atoms with Crippen LogP contribution >= 0.6 is 19.0 Å². The standard InChI is InChI=1S/C26H22N3O4PS/c1-32-24-16-21(17-25-23(24)12-14-35-25)29-34(30,31)28-20-9-7-18(8-10-20)19-11-13-27-26(15-19)33-22-5-3-2-4-6-22/h2-17H,1H3,(H3,28,29,30,31). The van der Waals surface area contributed by atoms with Gasteiger partial charge in [-0.25, -0.2) is 9.55 Å². The van der Waals surface area contributed by atoms with Crippen LogP contribution < -0.4 is 19.6 Å². The first kappa shape index (κ1) is 22.9. The summed E-state index contributed by atoms with van der Waals surface area (Å²) < 4.78 is 25.1. The molecule has 3 N–H and O–H groups in total. The van der Waals surface area contributed by atoms with Gasteiger partial charge in [-0.3, -0.25) is 10.2 Å². The highest BCUT2D eigenvalue weighted by molar-refractivity contribution is 7.61. The number of hydrogen-bond donors (Lipinski definition) is 3. The van der Waals surface area contributed by atoms with Crippen molar-refractivity contribution in [3.63, 3.8) is 0 Å². The van der Waals surface area contributed by atoms with Gasteiger partial charge in [0.25, 0.3) is 0 Å². The number of benzene rings is 3. The monoisotopic (exact) mass is 503 g/mol. The average Bonchev–Trinajstić information content (AvgIpc) is 3.33. The second kappa shape index (κ2) is 9.80. The molecule has 0 aliphatic carbocycles. The number of thiophene rings is 1. The lowest BCUT2D eigenvalue weighted by Crippen LogP contribution is -2.05. The molecule has 5 rings (SSSR count). The molecule has 0 fully saturated rings. The molecule has 3 aromatic carbocycles. The molecule has 176 valence electrons. The summed E-state index contributed by atoms with van der Waals surface area (Å²) >= 11 is 1.54. The molecule has 2 aromatic heterocycles. The van der Waals surface area contributed by atoms with Gasteiger partial charge in [0.1, 0.15) is 11.5 Å². The minimum Gasteiger partial charge on any atom is -0.496 e. The number of ether oxygens (including phenoxy) is 2. The van der Waals surface area contributed by atoms with Gasteiger partial charge in [0, 0.05) is 39.8 Å². The maximum Gasteiger partial charge on any atom is 0.389 e. The predicted octanol–water partition coefficient (Wildman–Crippen LogP) is 7.39. The summed E-state index contributed by atoms with van der Waals surface area (Å²) in [5, 5.41) is 8.32. The molecule has 0 saturated heterocycles. The largest absolute Gasteiger partial charge is 0.496 e. The zero-order chi connectivity index (χ0) is 24.3. The Morgan fingerprint density at radius 1 is 0.886 bits per heavy atom. The summed E-state index contributed by atoms with van der Waals surface area (Å²) in [5.74, 6) is 1.83. The third-order valence-corrected chi connectivity index (χ3v) is 7.22. The van der Waals surface area contributed by atoms with Crippen molar-refractivity contribution in [1.29, 1.82) is 0 Å². The summed E-state index contributed by atoms with van der Waals surface area (Å²) in [5.41, 5.74) is 2.84. The lowest BCUT2D eigenvalue weighted by molar-refractivity contribution is 0.420. The van der Waals surface area contributed by atoms with Crippen LogP contribution in [-0.4, -0.2) is 17.0 Å². The zero-order valence-electron chi connectivity index (χ0n) is 18.7. The number of nitrogens with zero attached hydrogens (tertiary/aromatic N) is 1. The van der Waals surface area contributed by atoms with E-state index < -0.39 is 7.67 Å². The fraction of sp³-hybridized carbons (Fsp3) is 0.0385. The first-order chi connectivity index (χ1) is 17.0. The van der Waals surface area contributed by atoms with E-state index in [2.05, 4.69) is 15.2 Å². The summed E-state index contributed by atoms with van der Waals surface area (Å²) in [4.78, 5) is 14.8. The molecule has 1 unspecified atom stereocenters. The van der Waals surface area contributed by atoms with Gasteiger partial charge in [0.15, 0.2) is 0 Å². The van der Waals surface area contributed by atoms with Crippen LogP contribution in [0.2, 0.25) is 0 Å². The first-order valence-corrected chi connectivity index (χ1v) is 13.3. The van der Waals surface area contributed by atoms with E-state index in [0.29, 0.717) is 28.8 Å². The maximum atomic E-state index is 12.9. The molecule has 2 heterocycles. The van der Waals surface area contributed by atoms with Gasteiger partial charge < -0.3 is 14.4 Å². The van der Waals surface area contributed by atoms with Crippen LogP contribution in [0.1, 0.15) is 0 Å². The second-order valence-corrected chi connectivity index (χ2v) is 10.2. The highest BCUT2D eigenvalue weighted by Crippen LogP contribution is 2.44. The Labute approximate surface area is 206 Å². The third-order valence-electron chi connectivity index (χ3n) is 5.23. The molecule has 7 nitrogen and oxygen atoms in total. The Morgan fingerprint density at radius 3 is 2.43 bits per heavy atom. The number of rotatable bonds is 8. The molecular formula is C26H22N3O4PS. The molecule has 5 aromatic rings. The van der Waals surface area contributed by atoms with Gasteiger partial charge in [0.2, 0.25) is 5.88 Å². The fourth-order valence-electron chi connectivity index (χ4n) is 3.64. The van der Waals surface area contributed by atoms with Crippen molar-refractivity contribution in [3.05, 3.63) is 96.5 Å².